The maximum atomic E-state index is 11.8. The van der Waals surface area contributed by atoms with E-state index in [-0.39, 0.29) is 18.7 Å². The fraction of sp³-hybridized carbons (Fsp3) is 0.500. The van der Waals surface area contributed by atoms with Crippen molar-refractivity contribution in [3.8, 4) is 5.88 Å². The lowest BCUT2D eigenvalue weighted by Crippen LogP contribution is -2.34. The van der Waals surface area contributed by atoms with Crippen LogP contribution in [0.25, 0.3) is 0 Å². The molecule has 128 valence electrons. The predicted molar refractivity (Wildman–Crippen MR) is 85.2 cm³/mol. The van der Waals surface area contributed by atoms with Gasteiger partial charge in [0, 0.05) is 18.8 Å². The molecule has 2 aromatic rings. The summed E-state index contributed by atoms with van der Waals surface area (Å²) in [5.74, 6) is 1.53. The number of amides is 2. The van der Waals surface area contributed by atoms with Crippen LogP contribution in [-0.2, 0) is 13.1 Å². The molecule has 2 heterocycles. The fourth-order valence-corrected chi connectivity index (χ4v) is 2.61. The Bertz CT molecular complexity index is 682. The molecule has 8 heteroatoms. The Morgan fingerprint density at radius 2 is 2.12 bits per heavy atom. The van der Waals surface area contributed by atoms with Crippen molar-refractivity contribution in [2.75, 3.05) is 0 Å². The van der Waals surface area contributed by atoms with Gasteiger partial charge in [0.05, 0.1) is 6.54 Å². The molecule has 0 aromatic carbocycles. The van der Waals surface area contributed by atoms with Crippen LogP contribution in [0.2, 0.25) is 0 Å². The van der Waals surface area contributed by atoms with Crippen LogP contribution in [0.1, 0.15) is 43.0 Å². The third-order valence-electron chi connectivity index (χ3n) is 3.81. The number of aromatic nitrogens is 3. The third kappa shape index (κ3) is 4.68. The highest BCUT2D eigenvalue weighted by Crippen LogP contribution is 2.23. The molecule has 3 rings (SSSR count). The normalized spacial score (nSPS) is 14.5. The van der Waals surface area contributed by atoms with Crippen molar-refractivity contribution in [3.05, 3.63) is 35.6 Å². The van der Waals surface area contributed by atoms with Gasteiger partial charge in [-0.25, -0.2) is 9.78 Å². The summed E-state index contributed by atoms with van der Waals surface area (Å²) in [6.07, 6.45) is 6.56. The molecular formula is C16H21N5O3. The standard InChI is InChI=1S/C16H21N5O3/c1-11-20-15(24-21-11)10-19-16(22)18-9-12-6-7-17-14(8-12)23-13-4-2-3-5-13/h6-8,13H,2-5,9-10H2,1H3,(H2,18,19,22). The molecule has 2 amide bonds. The van der Waals surface area contributed by atoms with Crippen LogP contribution in [0.4, 0.5) is 4.79 Å². The smallest absolute Gasteiger partial charge is 0.315 e. The van der Waals surface area contributed by atoms with Gasteiger partial charge in [-0.2, -0.15) is 4.98 Å². The van der Waals surface area contributed by atoms with Crippen molar-refractivity contribution in [1.29, 1.82) is 0 Å². The van der Waals surface area contributed by atoms with E-state index in [1.165, 1.54) is 12.8 Å². The monoisotopic (exact) mass is 331 g/mol. The molecule has 0 unspecified atom stereocenters. The van der Waals surface area contributed by atoms with Crippen LogP contribution in [0.15, 0.2) is 22.9 Å². The number of nitrogens with one attached hydrogen (secondary N) is 2. The molecule has 2 aromatic heterocycles. The molecular weight excluding hydrogens is 310 g/mol. The number of nitrogens with zero attached hydrogens (tertiary/aromatic N) is 3. The van der Waals surface area contributed by atoms with E-state index in [2.05, 4.69) is 25.8 Å². The van der Waals surface area contributed by atoms with Gasteiger partial charge < -0.3 is 19.9 Å². The van der Waals surface area contributed by atoms with Gasteiger partial charge in [-0.15, -0.1) is 0 Å². The van der Waals surface area contributed by atoms with Crippen molar-refractivity contribution in [3.63, 3.8) is 0 Å². The van der Waals surface area contributed by atoms with Crippen molar-refractivity contribution in [1.82, 2.24) is 25.8 Å². The molecule has 0 spiro atoms. The zero-order valence-electron chi connectivity index (χ0n) is 13.6. The lowest BCUT2D eigenvalue weighted by molar-refractivity contribution is 0.201. The summed E-state index contributed by atoms with van der Waals surface area (Å²) in [4.78, 5) is 20.0. The third-order valence-corrected chi connectivity index (χ3v) is 3.81. The number of rotatable bonds is 6. The minimum Gasteiger partial charge on any atom is -0.474 e. The minimum atomic E-state index is -0.305. The first-order chi connectivity index (χ1) is 11.7. The van der Waals surface area contributed by atoms with E-state index in [1.54, 1.807) is 13.1 Å². The largest absolute Gasteiger partial charge is 0.474 e. The molecule has 0 atom stereocenters. The average molecular weight is 331 g/mol. The Hall–Kier alpha value is -2.64. The van der Waals surface area contributed by atoms with Crippen LogP contribution in [-0.4, -0.2) is 27.3 Å². The zero-order valence-corrected chi connectivity index (χ0v) is 13.6. The number of hydrogen-bond acceptors (Lipinski definition) is 6. The van der Waals surface area contributed by atoms with Gasteiger partial charge in [-0.3, -0.25) is 0 Å². The molecule has 0 saturated heterocycles. The number of pyridine rings is 1. The number of carbonyl (C=O) groups excluding carboxylic acids is 1. The molecule has 0 aliphatic heterocycles. The summed E-state index contributed by atoms with van der Waals surface area (Å²) < 4.78 is 10.8. The van der Waals surface area contributed by atoms with Gasteiger partial charge in [0.1, 0.15) is 6.10 Å². The van der Waals surface area contributed by atoms with E-state index in [9.17, 15) is 4.79 Å². The number of ether oxygens (including phenoxy) is 1. The highest BCUT2D eigenvalue weighted by Gasteiger charge is 2.17. The first-order valence-corrected chi connectivity index (χ1v) is 8.11. The quantitative estimate of drug-likeness (QED) is 0.840. The molecule has 0 radical (unpaired) electrons. The molecule has 0 bridgehead atoms. The molecule has 1 fully saturated rings. The second kappa shape index (κ2) is 7.76. The number of urea groups is 1. The van der Waals surface area contributed by atoms with Gasteiger partial charge in [0.2, 0.25) is 11.8 Å². The van der Waals surface area contributed by atoms with Crippen molar-refractivity contribution in [2.45, 2.75) is 51.8 Å². The van der Waals surface area contributed by atoms with E-state index in [1.807, 2.05) is 12.1 Å². The minimum absolute atomic E-state index is 0.194. The lowest BCUT2D eigenvalue weighted by atomic mass is 10.2. The van der Waals surface area contributed by atoms with Crippen LogP contribution >= 0.6 is 0 Å². The molecule has 1 aliphatic rings. The van der Waals surface area contributed by atoms with E-state index in [0.29, 0.717) is 24.1 Å². The van der Waals surface area contributed by atoms with Gasteiger partial charge in [0.25, 0.3) is 0 Å². The topological polar surface area (TPSA) is 102 Å². The van der Waals surface area contributed by atoms with Crippen molar-refractivity contribution in [2.24, 2.45) is 0 Å². The van der Waals surface area contributed by atoms with E-state index in [0.717, 1.165) is 18.4 Å². The average Bonchev–Trinajstić information content (AvgIpc) is 3.23. The molecule has 1 aliphatic carbocycles. The van der Waals surface area contributed by atoms with E-state index in [4.69, 9.17) is 9.26 Å². The molecule has 2 N–H and O–H groups in total. The Morgan fingerprint density at radius 1 is 1.33 bits per heavy atom. The first kappa shape index (κ1) is 16.2. The highest BCUT2D eigenvalue weighted by atomic mass is 16.5. The Balaban J connectivity index is 1.44. The number of carbonyl (C=O) groups is 1. The Morgan fingerprint density at radius 3 is 2.88 bits per heavy atom. The molecule has 1 saturated carbocycles. The summed E-state index contributed by atoms with van der Waals surface area (Å²) in [6, 6.07) is 3.41. The van der Waals surface area contributed by atoms with E-state index >= 15 is 0 Å². The number of hydrogen-bond donors (Lipinski definition) is 2. The van der Waals surface area contributed by atoms with Crippen molar-refractivity contribution >= 4 is 6.03 Å². The Labute approximate surface area is 140 Å². The predicted octanol–water partition coefficient (Wildman–Crippen LogP) is 2.09. The van der Waals surface area contributed by atoms with Crippen LogP contribution < -0.4 is 15.4 Å². The summed E-state index contributed by atoms with van der Waals surface area (Å²) in [5.41, 5.74) is 0.932. The zero-order chi connectivity index (χ0) is 16.8. The second-order valence-corrected chi connectivity index (χ2v) is 5.80. The maximum Gasteiger partial charge on any atom is 0.315 e. The summed E-state index contributed by atoms with van der Waals surface area (Å²) in [5, 5.41) is 9.10. The lowest BCUT2D eigenvalue weighted by Gasteiger charge is -2.13. The molecule has 8 nitrogen and oxygen atoms in total. The van der Waals surface area contributed by atoms with Gasteiger partial charge in [-0.1, -0.05) is 5.16 Å². The summed E-state index contributed by atoms with van der Waals surface area (Å²) in [6.45, 7) is 2.30. The van der Waals surface area contributed by atoms with E-state index < -0.39 is 0 Å². The van der Waals surface area contributed by atoms with Crippen LogP contribution in [0.5, 0.6) is 5.88 Å². The van der Waals surface area contributed by atoms with Gasteiger partial charge >= 0.3 is 6.03 Å². The summed E-state index contributed by atoms with van der Waals surface area (Å²) in [7, 11) is 0. The van der Waals surface area contributed by atoms with Crippen molar-refractivity contribution < 1.29 is 14.1 Å². The van der Waals surface area contributed by atoms with Gasteiger partial charge in [-0.05, 0) is 44.2 Å². The maximum absolute atomic E-state index is 11.8. The van der Waals surface area contributed by atoms with Gasteiger partial charge in [0.15, 0.2) is 5.82 Å². The Kier molecular flexibility index (Phi) is 5.25. The second-order valence-electron chi connectivity index (χ2n) is 5.80. The SMILES string of the molecule is Cc1noc(CNC(=O)NCc2ccnc(OC3CCCC3)c2)n1. The first-order valence-electron chi connectivity index (χ1n) is 8.11. The summed E-state index contributed by atoms with van der Waals surface area (Å²) >= 11 is 0. The molecule has 24 heavy (non-hydrogen) atoms. The number of aryl methyl sites for hydroxylation is 1. The van der Waals surface area contributed by atoms with Crippen LogP contribution in [0, 0.1) is 6.92 Å². The van der Waals surface area contributed by atoms with Crippen LogP contribution in [0.3, 0.4) is 0 Å². The fourth-order valence-electron chi connectivity index (χ4n) is 2.61. The highest BCUT2D eigenvalue weighted by molar-refractivity contribution is 5.73.